The first-order valence-electron chi connectivity index (χ1n) is 7.84. The van der Waals surface area contributed by atoms with Gasteiger partial charge in [-0.15, -0.1) is 11.3 Å². The maximum Gasteiger partial charge on any atom is 0.230 e. The molecule has 6 heteroatoms. The van der Waals surface area contributed by atoms with E-state index in [1.807, 2.05) is 12.1 Å². The molecule has 1 N–H and O–H groups in total. The fraction of sp³-hybridized carbons (Fsp3) is 0.278. The molecule has 0 spiro atoms. The van der Waals surface area contributed by atoms with Crippen LogP contribution >= 0.6 is 23.1 Å². The number of amides is 1. The molecule has 3 rings (SSSR count). The Balaban J connectivity index is 1.58. The first-order valence-corrected chi connectivity index (χ1v) is 9.64. The van der Waals surface area contributed by atoms with Crippen LogP contribution in [-0.2, 0) is 17.8 Å². The first kappa shape index (κ1) is 16.9. The van der Waals surface area contributed by atoms with Gasteiger partial charge in [-0.05, 0) is 25.0 Å². The summed E-state index contributed by atoms with van der Waals surface area (Å²) in [6.07, 6.45) is 2.56. The molecule has 0 atom stereocenters. The van der Waals surface area contributed by atoms with Crippen LogP contribution in [0.4, 0.5) is 0 Å². The number of nitrogens with zero attached hydrogens (tertiary/aromatic N) is 2. The molecule has 24 heavy (non-hydrogen) atoms. The summed E-state index contributed by atoms with van der Waals surface area (Å²) in [4.78, 5) is 23.0. The molecule has 0 saturated heterocycles. The van der Waals surface area contributed by atoms with Crippen LogP contribution < -0.4 is 5.32 Å². The molecule has 0 radical (unpaired) electrons. The number of hydrogen-bond donors (Lipinski definition) is 1. The molecule has 1 aromatic carbocycles. The molecule has 0 fully saturated rings. The van der Waals surface area contributed by atoms with E-state index < -0.39 is 0 Å². The minimum Gasteiger partial charge on any atom is -0.351 e. The summed E-state index contributed by atoms with van der Waals surface area (Å²) in [6.45, 7) is 4.73. The lowest BCUT2D eigenvalue weighted by Crippen LogP contribution is -2.24. The van der Waals surface area contributed by atoms with Gasteiger partial charge >= 0.3 is 0 Å². The number of aryl methyl sites for hydroxylation is 2. The highest BCUT2D eigenvalue weighted by Crippen LogP contribution is 2.30. The van der Waals surface area contributed by atoms with E-state index in [9.17, 15) is 4.79 Å². The minimum atomic E-state index is 0.0123. The van der Waals surface area contributed by atoms with E-state index in [4.69, 9.17) is 0 Å². The number of thioether (sulfide) groups is 1. The van der Waals surface area contributed by atoms with Gasteiger partial charge in [0.1, 0.15) is 16.2 Å². The molecule has 1 amide bonds. The summed E-state index contributed by atoms with van der Waals surface area (Å²) >= 11 is 3.15. The Morgan fingerprint density at radius 3 is 2.79 bits per heavy atom. The van der Waals surface area contributed by atoms with E-state index in [0.717, 1.165) is 27.2 Å². The van der Waals surface area contributed by atoms with Crippen LogP contribution in [0.2, 0.25) is 0 Å². The zero-order valence-electron chi connectivity index (χ0n) is 13.7. The Bertz CT molecular complexity index is 843. The van der Waals surface area contributed by atoms with Crippen molar-refractivity contribution in [2.24, 2.45) is 0 Å². The molecule has 3 aromatic rings. The lowest BCUT2D eigenvalue weighted by atomic mass is 10.1. The molecule has 0 saturated carbocycles. The van der Waals surface area contributed by atoms with Crippen LogP contribution in [0.1, 0.15) is 22.9 Å². The van der Waals surface area contributed by atoms with Crippen molar-refractivity contribution in [3.05, 3.63) is 52.7 Å². The second-order valence-corrected chi connectivity index (χ2v) is 7.59. The third kappa shape index (κ3) is 4.13. The lowest BCUT2D eigenvalue weighted by Gasteiger charge is -2.06. The second-order valence-electron chi connectivity index (χ2n) is 5.51. The molecule has 2 heterocycles. The van der Waals surface area contributed by atoms with Gasteiger partial charge in [-0.25, -0.2) is 9.97 Å². The number of carbonyl (C=O) groups is 1. The van der Waals surface area contributed by atoms with Crippen molar-refractivity contribution >= 4 is 39.2 Å². The smallest absolute Gasteiger partial charge is 0.230 e. The molecule has 124 valence electrons. The minimum absolute atomic E-state index is 0.0123. The number of carbonyl (C=O) groups excluding carboxylic acids is 1. The SMILES string of the molecule is CCc1cc2c(SCC(=O)NCc3ccc(C)cc3)ncnc2s1. The van der Waals surface area contributed by atoms with Gasteiger partial charge in [0.25, 0.3) is 0 Å². The Morgan fingerprint density at radius 2 is 2.04 bits per heavy atom. The zero-order valence-corrected chi connectivity index (χ0v) is 15.3. The van der Waals surface area contributed by atoms with E-state index in [2.05, 4.69) is 47.3 Å². The van der Waals surface area contributed by atoms with Gasteiger partial charge in [-0.3, -0.25) is 4.79 Å². The van der Waals surface area contributed by atoms with Crippen molar-refractivity contribution in [3.63, 3.8) is 0 Å². The van der Waals surface area contributed by atoms with Crippen molar-refractivity contribution in [1.29, 1.82) is 0 Å². The second kappa shape index (κ2) is 7.77. The molecule has 4 nitrogen and oxygen atoms in total. The molecule has 0 bridgehead atoms. The number of fused-ring (bicyclic) bond motifs is 1. The lowest BCUT2D eigenvalue weighted by molar-refractivity contribution is -0.118. The summed E-state index contributed by atoms with van der Waals surface area (Å²) in [5.74, 6) is 0.369. The van der Waals surface area contributed by atoms with Crippen LogP contribution in [0.3, 0.4) is 0 Å². The summed E-state index contributed by atoms with van der Waals surface area (Å²) in [5.41, 5.74) is 2.32. The number of benzene rings is 1. The Kier molecular flexibility index (Phi) is 5.48. The fourth-order valence-electron chi connectivity index (χ4n) is 2.26. The summed E-state index contributed by atoms with van der Waals surface area (Å²) < 4.78 is 0. The normalized spacial score (nSPS) is 10.9. The Hall–Kier alpha value is -1.92. The largest absolute Gasteiger partial charge is 0.351 e. The maximum absolute atomic E-state index is 12.1. The summed E-state index contributed by atoms with van der Waals surface area (Å²) in [5, 5.41) is 4.88. The van der Waals surface area contributed by atoms with Crippen molar-refractivity contribution in [3.8, 4) is 0 Å². The van der Waals surface area contributed by atoms with Gasteiger partial charge in [-0.2, -0.15) is 0 Å². The fourth-order valence-corrected chi connectivity index (χ4v) is 4.07. The van der Waals surface area contributed by atoms with Crippen LogP contribution in [0.25, 0.3) is 10.2 Å². The van der Waals surface area contributed by atoms with Crippen molar-refractivity contribution in [1.82, 2.24) is 15.3 Å². The number of hydrogen-bond acceptors (Lipinski definition) is 5. The van der Waals surface area contributed by atoms with Crippen LogP contribution in [-0.4, -0.2) is 21.6 Å². The van der Waals surface area contributed by atoms with Crippen molar-refractivity contribution < 1.29 is 4.79 Å². The third-order valence-corrected chi connectivity index (χ3v) is 5.84. The van der Waals surface area contributed by atoms with Crippen molar-refractivity contribution in [2.45, 2.75) is 31.8 Å². The standard InChI is InChI=1S/C18H19N3OS2/c1-3-14-8-15-17(20-11-21-18(15)24-14)23-10-16(22)19-9-13-6-4-12(2)5-7-13/h4-8,11H,3,9-10H2,1-2H3,(H,19,22). The van der Waals surface area contributed by atoms with Gasteiger partial charge in [0, 0.05) is 16.8 Å². The van der Waals surface area contributed by atoms with E-state index in [1.165, 1.54) is 22.2 Å². The maximum atomic E-state index is 12.1. The van der Waals surface area contributed by atoms with Gasteiger partial charge in [-0.1, -0.05) is 48.5 Å². The average molecular weight is 358 g/mol. The van der Waals surface area contributed by atoms with Crippen molar-refractivity contribution in [2.75, 3.05) is 5.75 Å². The van der Waals surface area contributed by atoms with E-state index >= 15 is 0 Å². The van der Waals surface area contributed by atoms with Gasteiger partial charge in [0.15, 0.2) is 0 Å². The predicted molar refractivity (Wildman–Crippen MR) is 101 cm³/mol. The first-order chi connectivity index (χ1) is 11.7. The van der Waals surface area contributed by atoms with Crippen LogP contribution in [0.15, 0.2) is 41.7 Å². The van der Waals surface area contributed by atoms with Crippen LogP contribution in [0.5, 0.6) is 0 Å². The molecule has 0 aliphatic carbocycles. The number of nitrogens with one attached hydrogen (secondary N) is 1. The highest BCUT2D eigenvalue weighted by molar-refractivity contribution is 8.00. The summed E-state index contributed by atoms with van der Waals surface area (Å²) in [6, 6.07) is 10.3. The highest BCUT2D eigenvalue weighted by atomic mass is 32.2. The van der Waals surface area contributed by atoms with E-state index in [0.29, 0.717) is 12.3 Å². The third-order valence-electron chi connectivity index (χ3n) is 3.64. The topological polar surface area (TPSA) is 54.9 Å². The quantitative estimate of drug-likeness (QED) is 0.536. The summed E-state index contributed by atoms with van der Waals surface area (Å²) in [7, 11) is 0. The van der Waals surface area contributed by atoms with Crippen LogP contribution in [0, 0.1) is 6.92 Å². The Morgan fingerprint density at radius 1 is 1.25 bits per heavy atom. The van der Waals surface area contributed by atoms with Gasteiger partial charge < -0.3 is 5.32 Å². The molecule has 2 aromatic heterocycles. The molecule has 0 aliphatic rings. The average Bonchev–Trinajstić information content (AvgIpc) is 3.03. The Labute approximate surface area is 149 Å². The number of aromatic nitrogens is 2. The van der Waals surface area contributed by atoms with E-state index in [-0.39, 0.29) is 5.91 Å². The molecule has 0 unspecified atom stereocenters. The monoisotopic (exact) mass is 357 g/mol. The van der Waals surface area contributed by atoms with E-state index in [1.54, 1.807) is 17.7 Å². The van der Waals surface area contributed by atoms with Gasteiger partial charge in [0.2, 0.25) is 5.91 Å². The zero-order chi connectivity index (χ0) is 16.9. The number of thiophene rings is 1. The highest BCUT2D eigenvalue weighted by Gasteiger charge is 2.10. The molecular formula is C18H19N3OS2. The molecular weight excluding hydrogens is 338 g/mol. The van der Waals surface area contributed by atoms with Gasteiger partial charge in [0.05, 0.1) is 5.75 Å². The molecule has 0 aliphatic heterocycles. The number of rotatable bonds is 6. The predicted octanol–water partition coefficient (Wildman–Crippen LogP) is 3.97.